The highest BCUT2D eigenvalue weighted by atomic mass is 127. The molecule has 7 heteroatoms. The molecule has 2 heterocycles. The summed E-state index contributed by atoms with van der Waals surface area (Å²) < 4.78 is 0. The van der Waals surface area contributed by atoms with Crippen LogP contribution in [0, 0.1) is 0 Å². The van der Waals surface area contributed by atoms with Gasteiger partial charge in [-0.15, -0.1) is 35.3 Å². The van der Waals surface area contributed by atoms with Crippen molar-refractivity contribution in [2.75, 3.05) is 24.5 Å². The molecular formula is C20H28IN5S. The Hall–Kier alpha value is -1.61. The highest BCUT2D eigenvalue weighted by molar-refractivity contribution is 14.0. The first-order valence-electron chi connectivity index (χ1n) is 9.23. The molecule has 3 rings (SSSR count). The zero-order valence-corrected chi connectivity index (χ0v) is 19.1. The second-order valence-corrected chi connectivity index (χ2v) is 7.37. The summed E-state index contributed by atoms with van der Waals surface area (Å²) >= 11 is 1.75. The van der Waals surface area contributed by atoms with Crippen LogP contribution in [0.25, 0.3) is 0 Å². The molecule has 146 valence electrons. The summed E-state index contributed by atoms with van der Waals surface area (Å²) in [5, 5.41) is 7.76. The molecule has 0 fully saturated rings. The molecule has 0 amide bonds. The van der Waals surface area contributed by atoms with Crippen molar-refractivity contribution in [1.82, 2.24) is 15.6 Å². The van der Waals surface area contributed by atoms with E-state index in [9.17, 15) is 0 Å². The van der Waals surface area contributed by atoms with Crippen LogP contribution < -0.4 is 15.5 Å². The first kappa shape index (κ1) is 21.7. The number of rotatable bonds is 7. The minimum atomic E-state index is 0. The van der Waals surface area contributed by atoms with Crippen LogP contribution in [-0.2, 0) is 19.5 Å². The molecule has 0 bridgehead atoms. The summed E-state index contributed by atoms with van der Waals surface area (Å²) in [7, 11) is 0. The lowest BCUT2D eigenvalue weighted by molar-refractivity contribution is 0.811. The quantitative estimate of drug-likeness (QED) is 0.263. The molecule has 1 aliphatic rings. The maximum atomic E-state index is 4.70. The number of anilines is 1. The maximum absolute atomic E-state index is 4.70. The average molecular weight is 497 g/mol. The van der Waals surface area contributed by atoms with Crippen molar-refractivity contribution in [3.63, 3.8) is 0 Å². The normalized spacial score (nSPS) is 13.6. The summed E-state index contributed by atoms with van der Waals surface area (Å²) in [5.41, 5.74) is 2.48. The smallest absolute Gasteiger partial charge is 0.191 e. The molecule has 2 aromatic rings. The van der Waals surface area contributed by atoms with Gasteiger partial charge in [-0.2, -0.15) is 0 Å². The lowest BCUT2D eigenvalue weighted by atomic mass is 10.2. The Balaban J connectivity index is 0.00000261. The maximum Gasteiger partial charge on any atom is 0.191 e. The number of guanidine groups is 1. The number of hydrogen-bond donors (Lipinski definition) is 2. The van der Waals surface area contributed by atoms with E-state index in [0.29, 0.717) is 13.1 Å². The van der Waals surface area contributed by atoms with Gasteiger partial charge in [0.05, 0.1) is 13.1 Å². The number of aromatic nitrogens is 1. The van der Waals surface area contributed by atoms with E-state index in [1.807, 2.05) is 6.20 Å². The van der Waals surface area contributed by atoms with Crippen molar-refractivity contribution < 1.29 is 0 Å². The van der Waals surface area contributed by atoms with Crippen molar-refractivity contribution in [2.24, 2.45) is 4.99 Å². The number of nitrogens with zero attached hydrogens (tertiary/aromatic N) is 3. The van der Waals surface area contributed by atoms with Crippen LogP contribution in [-0.4, -0.2) is 30.6 Å². The van der Waals surface area contributed by atoms with Crippen LogP contribution in [0.1, 0.15) is 29.3 Å². The predicted molar refractivity (Wildman–Crippen MR) is 126 cm³/mol. The van der Waals surface area contributed by atoms with Crippen molar-refractivity contribution in [1.29, 1.82) is 0 Å². The molecule has 1 aromatic carbocycles. The van der Waals surface area contributed by atoms with E-state index in [2.05, 4.69) is 70.8 Å². The Morgan fingerprint density at radius 1 is 1.15 bits per heavy atom. The third kappa shape index (κ3) is 6.49. The first-order valence-corrected chi connectivity index (χ1v) is 10.0. The number of thiazole rings is 1. The second-order valence-electron chi connectivity index (χ2n) is 6.17. The van der Waals surface area contributed by atoms with E-state index in [1.165, 1.54) is 16.1 Å². The number of benzene rings is 1. The molecule has 0 saturated heterocycles. The van der Waals surface area contributed by atoms with Gasteiger partial charge in [-0.3, -0.25) is 0 Å². The van der Waals surface area contributed by atoms with Crippen LogP contribution in [0.4, 0.5) is 5.69 Å². The van der Waals surface area contributed by atoms with E-state index in [4.69, 9.17) is 4.99 Å². The van der Waals surface area contributed by atoms with Crippen LogP contribution in [0.2, 0.25) is 0 Å². The standard InChI is InChI=1S/C20H27N5S.HI/c1-3-18-14-22-19(26-18)15-24-20(21-4-2)23-13-16-7-9-17(10-8-16)25-11-5-6-12-25;/h5-10,14H,3-4,11-13,15H2,1-2H3,(H2,21,23,24);1H. The molecule has 0 atom stereocenters. The lowest BCUT2D eigenvalue weighted by Gasteiger charge is -2.17. The second kappa shape index (κ2) is 11.3. The Morgan fingerprint density at radius 3 is 2.52 bits per heavy atom. The van der Waals surface area contributed by atoms with Gasteiger partial charge in [0.1, 0.15) is 5.01 Å². The topological polar surface area (TPSA) is 52.6 Å². The molecule has 27 heavy (non-hydrogen) atoms. The van der Waals surface area contributed by atoms with Crippen LogP contribution in [0.5, 0.6) is 0 Å². The zero-order chi connectivity index (χ0) is 18.2. The predicted octanol–water partition coefficient (Wildman–Crippen LogP) is 3.96. The molecule has 1 aliphatic heterocycles. The van der Waals surface area contributed by atoms with Crippen molar-refractivity contribution in [2.45, 2.75) is 33.4 Å². The zero-order valence-electron chi connectivity index (χ0n) is 15.9. The minimum absolute atomic E-state index is 0. The summed E-state index contributed by atoms with van der Waals surface area (Å²) in [4.78, 5) is 12.8. The van der Waals surface area contributed by atoms with Crippen LogP contribution >= 0.6 is 35.3 Å². The fourth-order valence-corrected chi connectivity index (χ4v) is 3.57. The van der Waals surface area contributed by atoms with Crippen molar-refractivity contribution in [3.05, 3.63) is 58.1 Å². The molecule has 1 aromatic heterocycles. The molecular weight excluding hydrogens is 469 g/mol. The summed E-state index contributed by atoms with van der Waals surface area (Å²) in [5.74, 6) is 0.827. The van der Waals surface area contributed by atoms with Gasteiger partial charge in [0.15, 0.2) is 5.96 Å². The Morgan fingerprint density at radius 2 is 1.89 bits per heavy atom. The summed E-state index contributed by atoms with van der Waals surface area (Å²) in [6.07, 6.45) is 7.41. The van der Waals surface area contributed by atoms with Gasteiger partial charge in [0, 0.05) is 36.4 Å². The van der Waals surface area contributed by atoms with Gasteiger partial charge in [0.2, 0.25) is 0 Å². The third-order valence-electron chi connectivity index (χ3n) is 4.24. The average Bonchev–Trinajstić information content (AvgIpc) is 3.36. The van der Waals surface area contributed by atoms with E-state index in [-0.39, 0.29) is 24.0 Å². The molecule has 0 aliphatic carbocycles. The van der Waals surface area contributed by atoms with Gasteiger partial charge >= 0.3 is 0 Å². The lowest BCUT2D eigenvalue weighted by Crippen LogP contribution is -2.36. The number of aryl methyl sites for hydroxylation is 1. The fraction of sp³-hybridized carbons (Fsp3) is 0.400. The van der Waals surface area contributed by atoms with E-state index < -0.39 is 0 Å². The van der Waals surface area contributed by atoms with Gasteiger partial charge in [-0.05, 0) is 31.0 Å². The minimum Gasteiger partial charge on any atom is -0.364 e. The summed E-state index contributed by atoms with van der Waals surface area (Å²) in [6.45, 7) is 8.44. The fourth-order valence-electron chi connectivity index (χ4n) is 2.77. The van der Waals surface area contributed by atoms with Crippen molar-refractivity contribution in [3.8, 4) is 0 Å². The Kier molecular flexibility index (Phi) is 9.06. The first-order chi connectivity index (χ1) is 12.8. The molecule has 0 unspecified atom stereocenters. The molecule has 0 spiro atoms. The van der Waals surface area contributed by atoms with Gasteiger partial charge in [-0.25, -0.2) is 9.98 Å². The summed E-state index contributed by atoms with van der Waals surface area (Å²) in [6, 6.07) is 8.68. The molecule has 5 nitrogen and oxygen atoms in total. The largest absolute Gasteiger partial charge is 0.364 e. The monoisotopic (exact) mass is 497 g/mol. The molecule has 2 N–H and O–H groups in total. The van der Waals surface area contributed by atoms with Gasteiger partial charge < -0.3 is 15.5 Å². The third-order valence-corrected chi connectivity index (χ3v) is 5.38. The molecule has 0 radical (unpaired) electrons. The Bertz CT molecular complexity index is 746. The van der Waals surface area contributed by atoms with E-state index in [0.717, 1.165) is 37.0 Å². The Labute approximate surface area is 183 Å². The van der Waals surface area contributed by atoms with Crippen LogP contribution in [0.15, 0.2) is 47.6 Å². The number of nitrogens with one attached hydrogen (secondary N) is 2. The van der Waals surface area contributed by atoms with Gasteiger partial charge in [0.25, 0.3) is 0 Å². The number of aliphatic imine (C=N–C) groups is 1. The highest BCUT2D eigenvalue weighted by Gasteiger charge is 2.07. The number of halogens is 1. The van der Waals surface area contributed by atoms with Crippen molar-refractivity contribution >= 4 is 47.0 Å². The van der Waals surface area contributed by atoms with Crippen LogP contribution in [0.3, 0.4) is 0 Å². The van der Waals surface area contributed by atoms with E-state index >= 15 is 0 Å². The number of hydrogen-bond acceptors (Lipinski definition) is 4. The van der Waals surface area contributed by atoms with Gasteiger partial charge in [-0.1, -0.05) is 31.2 Å². The SMILES string of the molecule is CCNC(=NCc1ccc(N2CC=CC2)cc1)NCc1ncc(CC)s1.I. The highest BCUT2D eigenvalue weighted by Crippen LogP contribution is 2.18. The van der Waals surface area contributed by atoms with E-state index in [1.54, 1.807) is 11.3 Å². The molecule has 0 saturated carbocycles.